The first-order chi connectivity index (χ1) is 17.4. The molecule has 9 nitrogen and oxygen atoms in total. The van der Waals surface area contributed by atoms with Crippen LogP contribution in [0.2, 0.25) is 0 Å². The molecule has 0 radical (unpaired) electrons. The number of carbonyl (C=O) groups is 1. The Hall–Kier alpha value is -2.63. The van der Waals surface area contributed by atoms with E-state index >= 15 is 0 Å². The van der Waals surface area contributed by atoms with Crippen molar-refractivity contribution < 1.29 is 26.4 Å². The topological polar surface area (TPSA) is 113 Å². The van der Waals surface area contributed by atoms with Crippen LogP contribution in [-0.2, 0) is 24.8 Å². The average Bonchev–Trinajstić information content (AvgIpc) is 2.87. The van der Waals surface area contributed by atoms with Crippen molar-refractivity contribution in [3.8, 4) is 5.75 Å². The molecule has 1 aliphatic rings. The van der Waals surface area contributed by atoms with Crippen molar-refractivity contribution in [3.05, 3.63) is 53.6 Å². The third-order valence-electron chi connectivity index (χ3n) is 6.52. The first-order valence-electron chi connectivity index (χ1n) is 12.5. The molecule has 37 heavy (non-hydrogen) atoms. The van der Waals surface area contributed by atoms with Crippen molar-refractivity contribution in [2.24, 2.45) is 0 Å². The van der Waals surface area contributed by atoms with Gasteiger partial charge in [0.2, 0.25) is 26.0 Å². The number of carbonyl (C=O) groups excluding carboxylic acids is 1. The number of aryl methyl sites for hydroxylation is 2. The van der Waals surface area contributed by atoms with Crippen LogP contribution < -0.4 is 14.4 Å². The quantitative estimate of drug-likeness (QED) is 0.429. The molecule has 3 rings (SSSR count). The molecule has 0 saturated carbocycles. The molecule has 1 fully saturated rings. The van der Waals surface area contributed by atoms with Crippen LogP contribution in [-0.4, -0.2) is 65.6 Å². The number of nitrogens with one attached hydrogen (secondary N) is 1. The van der Waals surface area contributed by atoms with Gasteiger partial charge in [0.15, 0.2) is 0 Å². The number of ether oxygens (including phenoxy) is 1. The minimum absolute atomic E-state index is 0.142. The molecule has 11 heteroatoms. The fraction of sp³-hybridized carbons (Fsp3) is 0.500. The van der Waals surface area contributed by atoms with E-state index in [0.29, 0.717) is 30.9 Å². The molecule has 1 atom stereocenters. The number of piperidine rings is 1. The highest BCUT2D eigenvalue weighted by molar-refractivity contribution is 7.92. The molecule has 1 N–H and O–H groups in total. The zero-order valence-electron chi connectivity index (χ0n) is 21.9. The maximum atomic E-state index is 13.0. The van der Waals surface area contributed by atoms with Crippen molar-refractivity contribution in [3.63, 3.8) is 0 Å². The van der Waals surface area contributed by atoms with E-state index in [1.807, 2.05) is 19.9 Å². The van der Waals surface area contributed by atoms with Gasteiger partial charge in [-0.2, -0.15) is 4.31 Å². The predicted octanol–water partition coefficient (Wildman–Crippen LogP) is 3.22. The summed E-state index contributed by atoms with van der Waals surface area (Å²) in [6, 6.07) is 10.7. The van der Waals surface area contributed by atoms with E-state index in [2.05, 4.69) is 5.32 Å². The Balaban J connectivity index is 1.59. The fourth-order valence-electron chi connectivity index (χ4n) is 4.35. The molecule has 0 unspecified atom stereocenters. The van der Waals surface area contributed by atoms with Gasteiger partial charge in [0.25, 0.3) is 0 Å². The molecule has 1 saturated heterocycles. The van der Waals surface area contributed by atoms with E-state index in [9.17, 15) is 21.6 Å². The van der Waals surface area contributed by atoms with Crippen molar-refractivity contribution in [2.75, 3.05) is 36.8 Å². The standard InChI is InChI=1S/C26H37N3O6S2/c1-5-25(29(36(4,31)32)22-10-9-20(2)21(3)19-22)26(30)27-15-18-35-23-11-13-24(14-12-23)37(33,34)28-16-7-6-8-17-28/h9-14,19,25H,5-8,15-18H2,1-4H3,(H,27,30)/t25-/m1/s1. The summed E-state index contributed by atoms with van der Waals surface area (Å²) in [6.45, 7) is 6.98. The lowest BCUT2D eigenvalue weighted by atomic mass is 10.1. The molecule has 2 aromatic rings. The molecule has 2 aromatic carbocycles. The van der Waals surface area contributed by atoms with Gasteiger partial charge in [0.05, 0.1) is 23.4 Å². The number of nitrogens with zero attached hydrogens (tertiary/aromatic N) is 2. The van der Waals surface area contributed by atoms with E-state index in [1.54, 1.807) is 31.2 Å². The average molecular weight is 552 g/mol. The lowest BCUT2D eigenvalue weighted by Crippen LogP contribution is -2.50. The lowest BCUT2D eigenvalue weighted by Gasteiger charge is -2.30. The van der Waals surface area contributed by atoms with Crippen LogP contribution >= 0.6 is 0 Å². The van der Waals surface area contributed by atoms with Gasteiger partial charge in [0.1, 0.15) is 18.4 Å². The second-order valence-corrected chi connectivity index (χ2v) is 13.1. The van der Waals surface area contributed by atoms with Crippen molar-refractivity contribution >= 4 is 31.6 Å². The summed E-state index contributed by atoms with van der Waals surface area (Å²) in [7, 11) is -7.22. The minimum atomic E-state index is -3.71. The number of benzene rings is 2. The smallest absolute Gasteiger partial charge is 0.244 e. The Morgan fingerprint density at radius 1 is 1.00 bits per heavy atom. The minimum Gasteiger partial charge on any atom is -0.492 e. The molecule has 1 aliphatic heterocycles. The Morgan fingerprint density at radius 2 is 1.65 bits per heavy atom. The van der Waals surface area contributed by atoms with Crippen LogP contribution in [0.15, 0.2) is 47.4 Å². The van der Waals surface area contributed by atoms with Crippen LogP contribution in [0.1, 0.15) is 43.7 Å². The SMILES string of the molecule is CC[C@H](C(=O)NCCOc1ccc(S(=O)(=O)N2CCCCC2)cc1)N(c1ccc(C)c(C)c1)S(C)(=O)=O. The van der Waals surface area contributed by atoms with Gasteiger partial charge in [-0.3, -0.25) is 9.10 Å². The number of rotatable bonds is 11. The zero-order chi connectivity index (χ0) is 27.2. The molecule has 0 spiro atoms. The van der Waals surface area contributed by atoms with Gasteiger partial charge in [-0.15, -0.1) is 0 Å². The molecule has 1 heterocycles. The summed E-state index contributed by atoms with van der Waals surface area (Å²) in [5.41, 5.74) is 2.41. The number of hydrogen-bond acceptors (Lipinski definition) is 6. The van der Waals surface area contributed by atoms with Gasteiger partial charge in [-0.25, -0.2) is 16.8 Å². The Morgan fingerprint density at radius 3 is 2.22 bits per heavy atom. The number of amides is 1. The van der Waals surface area contributed by atoms with Crippen LogP contribution in [0.4, 0.5) is 5.69 Å². The Labute approximate surface area is 220 Å². The third kappa shape index (κ3) is 7.24. The summed E-state index contributed by atoms with van der Waals surface area (Å²) in [5, 5.41) is 2.76. The van der Waals surface area contributed by atoms with Crippen LogP contribution in [0.25, 0.3) is 0 Å². The van der Waals surface area contributed by atoms with E-state index in [-0.39, 0.29) is 18.0 Å². The highest BCUT2D eigenvalue weighted by Gasteiger charge is 2.31. The summed E-state index contributed by atoms with van der Waals surface area (Å²) in [6.07, 6.45) is 4.18. The molecular formula is C26H37N3O6S2. The predicted molar refractivity (Wildman–Crippen MR) is 145 cm³/mol. The highest BCUT2D eigenvalue weighted by Crippen LogP contribution is 2.25. The van der Waals surface area contributed by atoms with Gasteiger partial charge in [0, 0.05) is 13.1 Å². The Kier molecular flexibility index (Phi) is 9.60. The molecule has 204 valence electrons. The summed E-state index contributed by atoms with van der Waals surface area (Å²) >= 11 is 0. The molecular weight excluding hydrogens is 514 g/mol. The van der Waals surface area contributed by atoms with Crippen LogP contribution in [0.3, 0.4) is 0 Å². The van der Waals surface area contributed by atoms with E-state index in [1.165, 1.54) is 16.4 Å². The number of hydrogen-bond donors (Lipinski definition) is 1. The van der Waals surface area contributed by atoms with Crippen molar-refractivity contribution in [1.82, 2.24) is 9.62 Å². The van der Waals surface area contributed by atoms with Crippen LogP contribution in [0.5, 0.6) is 5.75 Å². The highest BCUT2D eigenvalue weighted by atomic mass is 32.2. The third-order valence-corrected chi connectivity index (χ3v) is 9.61. The van der Waals surface area contributed by atoms with Gasteiger partial charge in [-0.05, 0) is 80.6 Å². The molecule has 0 aliphatic carbocycles. The first-order valence-corrected chi connectivity index (χ1v) is 15.8. The largest absolute Gasteiger partial charge is 0.492 e. The summed E-state index contributed by atoms with van der Waals surface area (Å²) < 4.78 is 59.2. The van der Waals surface area contributed by atoms with Gasteiger partial charge in [-0.1, -0.05) is 19.4 Å². The first kappa shape index (κ1) is 28.9. The number of anilines is 1. The molecule has 0 bridgehead atoms. The normalized spacial score (nSPS) is 15.7. The van der Waals surface area contributed by atoms with Crippen molar-refractivity contribution in [2.45, 2.75) is 57.4 Å². The Bertz CT molecular complexity index is 1290. The second-order valence-electron chi connectivity index (χ2n) is 9.33. The monoisotopic (exact) mass is 551 g/mol. The second kappa shape index (κ2) is 12.3. The van der Waals surface area contributed by atoms with Gasteiger partial charge >= 0.3 is 0 Å². The maximum absolute atomic E-state index is 13.0. The van der Waals surface area contributed by atoms with E-state index in [0.717, 1.165) is 41.0 Å². The van der Waals surface area contributed by atoms with Gasteiger partial charge < -0.3 is 10.1 Å². The zero-order valence-corrected chi connectivity index (χ0v) is 23.6. The maximum Gasteiger partial charge on any atom is 0.244 e. The lowest BCUT2D eigenvalue weighted by molar-refractivity contribution is -0.122. The molecule has 0 aromatic heterocycles. The summed E-state index contributed by atoms with van der Waals surface area (Å²) in [4.78, 5) is 13.2. The van der Waals surface area contributed by atoms with Crippen molar-refractivity contribution in [1.29, 1.82) is 0 Å². The van der Waals surface area contributed by atoms with Crippen LogP contribution in [0, 0.1) is 13.8 Å². The van der Waals surface area contributed by atoms with E-state index < -0.39 is 32.0 Å². The fourth-order valence-corrected chi connectivity index (χ4v) is 7.07. The summed E-state index contributed by atoms with van der Waals surface area (Å²) in [5.74, 6) is 0.0597. The van der Waals surface area contributed by atoms with E-state index in [4.69, 9.17) is 4.74 Å². The number of sulfonamides is 2. The molecule has 1 amide bonds.